The van der Waals surface area contributed by atoms with E-state index in [1.165, 1.54) is 0 Å². The predicted molar refractivity (Wildman–Crippen MR) is 64.4 cm³/mol. The van der Waals surface area contributed by atoms with Crippen LogP contribution in [0.25, 0.3) is 0 Å². The maximum atomic E-state index is 12.0. The molecule has 0 spiro atoms. The first kappa shape index (κ1) is 14.0. The van der Waals surface area contributed by atoms with E-state index in [4.69, 9.17) is 10.8 Å². The zero-order valence-electron chi connectivity index (χ0n) is 10.6. The molecule has 1 heterocycles. The van der Waals surface area contributed by atoms with Crippen molar-refractivity contribution >= 4 is 11.9 Å². The number of carbonyl (C=O) groups is 2. The largest absolute Gasteiger partial charge is 0.481 e. The average molecular weight is 242 g/mol. The maximum Gasteiger partial charge on any atom is 0.303 e. The first-order chi connectivity index (χ1) is 7.95. The van der Waals surface area contributed by atoms with Crippen molar-refractivity contribution in [2.75, 3.05) is 13.1 Å². The van der Waals surface area contributed by atoms with Gasteiger partial charge in [0.25, 0.3) is 0 Å². The van der Waals surface area contributed by atoms with Crippen molar-refractivity contribution < 1.29 is 14.7 Å². The lowest BCUT2D eigenvalue weighted by Crippen LogP contribution is -2.46. The van der Waals surface area contributed by atoms with Gasteiger partial charge in [0.15, 0.2) is 0 Å². The fourth-order valence-corrected chi connectivity index (χ4v) is 2.15. The van der Waals surface area contributed by atoms with E-state index in [9.17, 15) is 9.59 Å². The van der Waals surface area contributed by atoms with E-state index in [1.54, 1.807) is 4.90 Å². The number of carboxylic acid groups (broad SMARTS) is 1. The number of amides is 1. The van der Waals surface area contributed by atoms with Crippen LogP contribution in [0.2, 0.25) is 0 Å². The van der Waals surface area contributed by atoms with Crippen LogP contribution in [0.4, 0.5) is 0 Å². The normalized spacial score (nSPS) is 23.5. The lowest BCUT2D eigenvalue weighted by molar-refractivity contribution is -0.138. The van der Waals surface area contributed by atoms with Crippen LogP contribution in [-0.4, -0.2) is 41.0 Å². The Kier molecular flexibility index (Phi) is 4.93. The van der Waals surface area contributed by atoms with E-state index < -0.39 is 12.0 Å². The van der Waals surface area contributed by atoms with Gasteiger partial charge >= 0.3 is 5.97 Å². The summed E-state index contributed by atoms with van der Waals surface area (Å²) < 4.78 is 0. The standard InChI is InChI=1S/C12H22N2O3/c1-3-8(2)11(13)12(17)14-5-4-9(7-14)6-10(15)16/h8-9,11H,3-7,13H2,1-2H3,(H,15,16)/t8?,9?,11-/m0/s1. The van der Waals surface area contributed by atoms with Gasteiger partial charge < -0.3 is 15.7 Å². The third-order valence-electron chi connectivity index (χ3n) is 3.60. The zero-order valence-corrected chi connectivity index (χ0v) is 10.6. The van der Waals surface area contributed by atoms with Gasteiger partial charge in [0.1, 0.15) is 0 Å². The third-order valence-corrected chi connectivity index (χ3v) is 3.60. The molecule has 1 amide bonds. The van der Waals surface area contributed by atoms with E-state index in [-0.39, 0.29) is 24.2 Å². The Bertz CT molecular complexity index is 293. The molecule has 2 unspecified atom stereocenters. The van der Waals surface area contributed by atoms with Crippen LogP contribution in [-0.2, 0) is 9.59 Å². The van der Waals surface area contributed by atoms with Gasteiger partial charge in [-0.2, -0.15) is 0 Å². The second-order valence-electron chi connectivity index (χ2n) is 4.95. The number of nitrogens with two attached hydrogens (primary N) is 1. The summed E-state index contributed by atoms with van der Waals surface area (Å²) in [6, 6.07) is -0.455. The first-order valence-corrected chi connectivity index (χ1v) is 6.21. The van der Waals surface area contributed by atoms with Crippen molar-refractivity contribution in [3.63, 3.8) is 0 Å². The van der Waals surface area contributed by atoms with Gasteiger partial charge in [-0.15, -0.1) is 0 Å². The highest BCUT2D eigenvalue weighted by Crippen LogP contribution is 2.21. The predicted octanol–water partition coefficient (Wildman–Crippen LogP) is 0.683. The summed E-state index contributed by atoms with van der Waals surface area (Å²) in [5, 5.41) is 8.71. The Morgan fingerprint density at radius 3 is 2.71 bits per heavy atom. The molecule has 98 valence electrons. The number of carbonyl (C=O) groups excluding carboxylic acids is 1. The van der Waals surface area contributed by atoms with E-state index in [1.807, 2.05) is 13.8 Å². The molecule has 1 fully saturated rings. The van der Waals surface area contributed by atoms with Crippen LogP contribution in [0.5, 0.6) is 0 Å². The first-order valence-electron chi connectivity index (χ1n) is 6.21. The zero-order chi connectivity index (χ0) is 13.0. The van der Waals surface area contributed by atoms with Crippen molar-refractivity contribution in [1.29, 1.82) is 0 Å². The van der Waals surface area contributed by atoms with Crippen molar-refractivity contribution in [3.05, 3.63) is 0 Å². The molecular weight excluding hydrogens is 220 g/mol. The van der Waals surface area contributed by atoms with Crippen molar-refractivity contribution in [1.82, 2.24) is 4.90 Å². The summed E-state index contributed by atoms with van der Waals surface area (Å²) in [6.45, 7) is 5.15. The van der Waals surface area contributed by atoms with E-state index in [2.05, 4.69) is 0 Å². The molecule has 0 saturated carbocycles. The molecule has 0 aromatic rings. The second kappa shape index (κ2) is 6.00. The number of nitrogens with zero attached hydrogens (tertiary/aromatic N) is 1. The summed E-state index contributed by atoms with van der Waals surface area (Å²) in [5.41, 5.74) is 5.89. The third kappa shape index (κ3) is 3.70. The Morgan fingerprint density at radius 1 is 1.53 bits per heavy atom. The second-order valence-corrected chi connectivity index (χ2v) is 4.95. The molecular formula is C12H22N2O3. The van der Waals surface area contributed by atoms with Crippen molar-refractivity contribution in [3.8, 4) is 0 Å². The molecule has 3 atom stereocenters. The minimum absolute atomic E-state index is 0.0350. The molecule has 1 aliphatic heterocycles. The van der Waals surface area contributed by atoms with Gasteiger partial charge in [-0.05, 0) is 18.3 Å². The van der Waals surface area contributed by atoms with Crippen LogP contribution < -0.4 is 5.73 Å². The molecule has 1 aliphatic rings. The Balaban J connectivity index is 2.47. The molecule has 1 saturated heterocycles. The molecule has 0 aliphatic carbocycles. The molecule has 0 bridgehead atoms. The van der Waals surface area contributed by atoms with E-state index >= 15 is 0 Å². The van der Waals surface area contributed by atoms with E-state index in [0.29, 0.717) is 13.1 Å². The molecule has 3 N–H and O–H groups in total. The summed E-state index contributed by atoms with van der Waals surface area (Å²) in [4.78, 5) is 24.3. The summed E-state index contributed by atoms with van der Waals surface area (Å²) in [7, 11) is 0. The molecule has 0 radical (unpaired) electrons. The molecule has 17 heavy (non-hydrogen) atoms. The fraction of sp³-hybridized carbons (Fsp3) is 0.833. The highest BCUT2D eigenvalue weighted by molar-refractivity contribution is 5.82. The Labute approximate surface area is 102 Å². The number of hydrogen-bond acceptors (Lipinski definition) is 3. The Hall–Kier alpha value is -1.10. The Morgan fingerprint density at radius 2 is 2.18 bits per heavy atom. The van der Waals surface area contributed by atoms with Gasteiger partial charge in [-0.3, -0.25) is 9.59 Å². The van der Waals surface area contributed by atoms with Crippen LogP contribution in [0.1, 0.15) is 33.1 Å². The number of rotatable bonds is 5. The fourth-order valence-electron chi connectivity index (χ4n) is 2.15. The summed E-state index contributed by atoms with van der Waals surface area (Å²) >= 11 is 0. The molecule has 5 heteroatoms. The van der Waals surface area contributed by atoms with E-state index in [0.717, 1.165) is 12.8 Å². The van der Waals surface area contributed by atoms with Crippen LogP contribution in [0.15, 0.2) is 0 Å². The van der Waals surface area contributed by atoms with Crippen LogP contribution >= 0.6 is 0 Å². The highest BCUT2D eigenvalue weighted by atomic mass is 16.4. The number of hydrogen-bond donors (Lipinski definition) is 2. The molecule has 1 rings (SSSR count). The summed E-state index contributed by atoms with van der Waals surface area (Å²) in [5.74, 6) is -0.579. The molecule has 5 nitrogen and oxygen atoms in total. The quantitative estimate of drug-likeness (QED) is 0.742. The smallest absolute Gasteiger partial charge is 0.303 e. The van der Waals surface area contributed by atoms with Gasteiger partial charge in [0, 0.05) is 19.5 Å². The lowest BCUT2D eigenvalue weighted by atomic mass is 9.99. The van der Waals surface area contributed by atoms with Gasteiger partial charge in [-0.25, -0.2) is 0 Å². The van der Waals surface area contributed by atoms with Gasteiger partial charge in [0.2, 0.25) is 5.91 Å². The monoisotopic (exact) mass is 242 g/mol. The topological polar surface area (TPSA) is 83.6 Å². The molecule has 0 aromatic carbocycles. The van der Waals surface area contributed by atoms with Crippen LogP contribution in [0.3, 0.4) is 0 Å². The minimum Gasteiger partial charge on any atom is -0.481 e. The van der Waals surface area contributed by atoms with Crippen LogP contribution in [0, 0.1) is 11.8 Å². The van der Waals surface area contributed by atoms with Crippen molar-refractivity contribution in [2.24, 2.45) is 17.6 Å². The highest BCUT2D eigenvalue weighted by Gasteiger charge is 2.31. The van der Waals surface area contributed by atoms with Crippen molar-refractivity contribution in [2.45, 2.75) is 39.2 Å². The lowest BCUT2D eigenvalue weighted by Gasteiger charge is -2.24. The number of likely N-dealkylation sites (tertiary alicyclic amines) is 1. The average Bonchev–Trinajstić information content (AvgIpc) is 2.73. The SMILES string of the molecule is CCC(C)[C@H](N)C(=O)N1CCC(CC(=O)O)C1. The molecule has 0 aromatic heterocycles. The maximum absolute atomic E-state index is 12.0. The van der Waals surface area contributed by atoms with Gasteiger partial charge in [-0.1, -0.05) is 20.3 Å². The number of carboxylic acids is 1. The number of aliphatic carboxylic acids is 1. The minimum atomic E-state index is -0.796. The summed E-state index contributed by atoms with van der Waals surface area (Å²) in [6.07, 6.45) is 1.78. The van der Waals surface area contributed by atoms with Gasteiger partial charge in [0.05, 0.1) is 6.04 Å².